The topological polar surface area (TPSA) is 93.3 Å². The molecule has 288 valence electrons. The predicted octanol–water partition coefficient (Wildman–Crippen LogP) is 7.70. The van der Waals surface area contributed by atoms with Crippen LogP contribution in [0.2, 0.25) is 0 Å². The summed E-state index contributed by atoms with van der Waals surface area (Å²) in [5.41, 5.74) is 9.75. The summed E-state index contributed by atoms with van der Waals surface area (Å²) in [6.07, 6.45) is 11.1. The van der Waals surface area contributed by atoms with Crippen LogP contribution in [-0.2, 0) is 17.2 Å². The van der Waals surface area contributed by atoms with Gasteiger partial charge in [-0.25, -0.2) is 13.4 Å². The van der Waals surface area contributed by atoms with E-state index in [1.165, 1.54) is 5.57 Å². The molecule has 9 rings (SSSR count). The Kier molecular flexibility index (Phi) is 10.0. The molecule has 0 spiro atoms. The van der Waals surface area contributed by atoms with Crippen LogP contribution in [0.5, 0.6) is 0 Å². The van der Waals surface area contributed by atoms with Gasteiger partial charge >= 0.3 is 5.51 Å². The smallest absolute Gasteiger partial charge is 0.485 e. The Morgan fingerprint density at radius 3 is 1.60 bits per heavy atom. The zero-order valence-corrected chi connectivity index (χ0v) is 32.1. The number of halogens is 3. The van der Waals surface area contributed by atoms with Gasteiger partial charge < -0.3 is 14.1 Å². The van der Waals surface area contributed by atoms with E-state index in [2.05, 4.69) is 198 Å². The average Bonchev–Trinajstić information content (AvgIpc) is 4.04. The molecule has 0 radical (unpaired) electrons. The monoisotopic (exact) mass is 792 g/mol. The number of benzene rings is 4. The second-order valence-corrected chi connectivity index (χ2v) is 15.1. The number of hydrogen-bond donors (Lipinski definition) is 1. The van der Waals surface area contributed by atoms with Crippen molar-refractivity contribution in [1.29, 1.82) is 0 Å². The highest BCUT2D eigenvalue weighted by molar-refractivity contribution is 7.86. The summed E-state index contributed by atoms with van der Waals surface area (Å²) in [4.78, 5) is 9.28. The highest BCUT2D eigenvalue weighted by Crippen LogP contribution is 2.36. The van der Waals surface area contributed by atoms with Crippen LogP contribution in [0.15, 0.2) is 186 Å². The first-order chi connectivity index (χ1) is 27.9. The Bertz CT molecular complexity index is 2990. The lowest BCUT2D eigenvalue weighted by atomic mass is 9.97. The first kappa shape index (κ1) is 38.1. The number of likely N-dealkylation sites (N-methyl/N-ethyl adjacent to an activating group) is 1. The van der Waals surface area contributed by atoms with Gasteiger partial charge in [0.15, 0.2) is 10.1 Å². The molecule has 0 saturated heterocycles. The van der Waals surface area contributed by atoms with E-state index in [1.807, 2.05) is 0 Å². The molecule has 4 aromatic carbocycles. The lowest BCUT2D eigenvalue weighted by Crippen LogP contribution is -2.21. The van der Waals surface area contributed by atoms with Crippen LogP contribution in [0.3, 0.4) is 0 Å². The summed E-state index contributed by atoms with van der Waals surface area (Å²) in [7, 11) is -1.76. The van der Waals surface area contributed by atoms with Gasteiger partial charge in [0.25, 0.3) is 0 Å². The van der Waals surface area contributed by atoms with E-state index < -0.39 is 15.6 Å². The molecule has 6 aromatic rings. The van der Waals surface area contributed by atoms with Crippen LogP contribution < -0.4 is 10.7 Å². The third kappa shape index (κ3) is 7.29. The minimum atomic E-state index is -6.09. The fourth-order valence-electron chi connectivity index (χ4n) is 7.48. The number of aromatic nitrogens is 2. The summed E-state index contributed by atoms with van der Waals surface area (Å²) in [5.74, 6) is 0. The molecule has 0 fully saturated rings. The Labute approximate surface area is 333 Å². The van der Waals surface area contributed by atoms with Crippen LogP contribution in [0.25, 0.3) is 22.3 Å². The second kappa shape index (κ2) is 15.3. The summed E-state index contributed by atoms with van der Waals surface area (Å²) in [6, 6.07) is 49.4. The minimum absolute atomic E-state index is 0.925. The molecular weight excluding hydrogens is 758 g/mol. The first-order valence-corrected chi connectivity index (χ1v) is 19.7. The Balaban J connectivity index is 0.000000534. The second-order valence-electron chi connectivity index (χ2n) is 13.8. The fraction of sp³-hybridized carbons (Fsp3) is 0.0638. The number of hydrogen-bond acceptors (Lipinski definition) is 4. The van der Waals surface area contributed by atoms with E-state index in [-0.39, 0.29) is 0 Å². The molecule has 8 bridgehead atoms. The largest absolute Gasteiger partial charge is 0.741 e. The van der Waals surface area contributed by atoms with Crippen LogP contribution in [0, 0.1) is 0 Å². The Hall–Kier alpha value is -6.82. The van der Waals surface area contributed by atoms with Gasteiger partial charge in [-0.2, -0.15) is 17.7 Å². The van der Waals surface area contributed by atoms with Gasteiger partial charge in [-0.1, -0.05) is 121 Å². The molecule has 1 N–H and O–H groups in total. The zero-order valence-electron chi connectivity index (χ0n) is 31.3. The number of nitrogens with one attached hydrogen (secondary N) is 1. The number of H-pyrrole nitrogens is 1. The van der Waals surface area contributed by atoms with Crippen molar-refractivity contribution < 1.29 is 30.7 Å². The summed E-state index contributed by atoms with van der Waals surface area (Å²) in [6.45, 7) is 0. The summed E-state index contributed by atoms with van der Waals surface area (Å²) >= 11 is 0. The molecule has 0 unspecified atom stereocenters. The number of aryl methyl sites for hydroxylation is 1. The van der Waals surface area contributed by atoms with Crippen molar-refractivity contribution in [1.82, 2.24) is 9.55 Å². The predicted molar refractivity (Wildman–Crippen MR) is 221 cm³/mol. The van der Waals surface area contributed by atoms with E-state index in [0.29, 0.717) is 0 Å². The van der Waals surface area contributed by atoms with Crippen molar-refractivity contribution in [2.75, 3.05) is 7.05 Å². The molecule has 0 aliphatic carbocycles. The number of allylic oxidation sites excluding steroid dienone is 5. The van der Waals surface area contributed by atoms with Crippen molar-refractivity contribution in [3.05, 3.63) is 226 Å². The minimum Gasteiger partial charge on any atom is -0.741 e. The van der Waals surface area contributed by atoms with Gasteiger partial charge in [-0.05, 0) is 52.6 Å². The highest BCUT2D eigenvalue weighted by Gasteiger charge is 2.37. The molecular formula is C47H35F3N4O3S. The molecule has 2 aromatic heterocycles. The third-order valence-electron chi connectivity index (χ3n) is 10.1. The summed E-state index contributed by atoms with van der Waals surface area (Å²) in [5, 5.41) is 2.07. The van der Waals surface area contributed by atoms with Crippen molar-refractivity contribution in [3.8, 4) is 0 Å². The van der Waals surface area contributed by atoms with E-state index in [4.69, 9.17) is 18.0 Å². The molecule has 3 aliphatic rings. The lowest BCUT2D eigenvalue weighted by molar-refractivity contribution is -0.431. The lowest BCUT2D eigenvalue weighted by Gasteiger charge is -2.12. The third-order valence-corrected chi connectivity index (χ3v) is 10.7. The number of aromatic amines is 1. The zero-order chi connectivity index (χ0) is 40.6. The molecule has 11 heteroatoms. The number of alkyl halides is 3. The van der Waals surface area contributed by atoms with E-state index in [0.717, 1.165) is 83.7 Å². The quantitative estimate of drug-likeness (QED) is 0.113. The molecule has 0 atom stereocenters. The molecule has 7 nitrogen and oxygen atoms in total. The van der Waals surface area contributed by atoms with Crippen molar-refractivity contribution >= 4 is 43.8 Å². The SMILES string of the molecule is Cn1cc2cc1C(c1ccccc1)=C1C=CC(=[N+]1C)C(c1ccccc1)=C1C=CC(=N1)C(c1ccccc1)=c1ccc([nH]1)=C2c1ccccc1.O=S(=O)([O-])C(F)(F)F. The van der Waals surface area contributed by atoms with Gasteiger partial charge in [-0.15, -0.1) is 0 Å². The molecule has 5 heterocycles. The maximum atomic E-state index is 10.7. The van der Waals surface area contributed by atoms with E-state index in [9.17, 15) is 13.2 Å². The Morgan fingerprint density at radius 1 is 0.621 bits per heavy atom. The molecule has 58 heavy (non-hydrogen) atoms. The molecule has 0 saturated carbocycles. The van der Waals surface area contributed by atoms with E-state index >= 15 is 0 Å². The van der Waals surface area contributed by atoms with Crippen LogP contribution in [0.4, 0.5) is 13.2 Å². The van der Waals surface area contributed by atoms with Crippen molar-refractivity contribution in [3.63, 3.8) is 0 Å². The van der Waals surface area contributed by atoms with Crippen LogP contribution in [-0.4, -0.2) is 51.1 Å². The van der Waals surface area contributed by atoms with Gasteiger partial charge in [0.05, 0.1) is 28.2 Å². The number of rotatable bonds is 4. The number of aliphatic imine (C=N–C) groups is 1. The van der Waals surface area contributed by atoms with Crippen molar-refractivity contribution in [2.24, 2.45) is 12.0 Å². The standard InChI is InChI=1S/C46H34N4.CHF3O3S/c1-49-30-35-29-42(49)46(34-21-13-6-14-22-34)41-28-27-40(50(41)2)45(33-19-11-5-12-20-33)39-26-25-38(48-39)44(32-17-9-4-10-18-32)37-24-23-36(47-37)43(35)31-15-7-3-8-16-31;2-1(3,4)8(5,6)7/h3-30H,1-2H3;(H,5,6,7). The highest BCUT2D eigenvalue weighted by atomic mass is 32.2. The first-order valence-electron chi connectivity index (χ1n) is 18.3. The number of nitrogens with zero attached hydrogens (tertiary/aromatic N) is 3. The van der Waals surface area contributed by atoms with Gasteiger partial charge in [0.2, 0.25) is 11.4 Å². The maximum absolute atomic E-state index is 10.7. The average molecular weight is 793 g/mol. The normalized spacial score (nSPS) is 15.2. The van der Waals surface area contributed by atoms with E-state index in [1.54, 1.807) is 0 Å². The van der Waals surface area contributed by atoms with Crippen LogP contribution >= 0.6 is 0 Å². The Morgan fingerprint density at radius 2 is 1.09 bits per heavy atom. The van der Waals surface area contributed by atoms with Gasteiger partial charge in [0, 0.05) is 52.8 Å². The summed E-state index contributed by atoms with van der Waals surface area (Å²) < 4.78 is 63.5. The van der Waals surface area contributed by atoms with Gasteiger partial charge in [-0.3, -0.25) is 0 Å². The van der Waals surface area contributed by atoms with Crippen molar-refractivity contribution in [2.45, 2.75) is 5.51 Å². The number of fused-ring (bicyclic) bond motifs is 6. The molecule has 3 aliphatic heterocycles. The maximum Gasteiger partial charge on any atom is 0.485 e. The fourth-order valence-corrected chi connectivity index (χ4v) is 7.48. The van der Waals surface area contributed by atoms with Gasteiger partial charge in [0.1, 0.15) is 7.05 Å². The van der Waals surface area contributed by atoms with Crippen LogP contribution in [0.1, 0.15) is 33.5 Å². The molecule has 0 amide bonds.